The zero-order chi connectivity index (χ0) is 15.4. The van der Waals surface area contributed by atoms with E-state index in [1.165, 1.54) is 6.08 Å². The summed E-state index contributed by atoms with van der Waals surface area (Å²) in [6.45, 7) is 3.83. The molecule has 1 heterocycles. The van der Waals surface area contributed by atoms with Crippen LogP contribution >= 0.6 is 23.2 Å². The molecule has 3 nitrogen and oxygen atoms in total. The zero-order valence-electron chi connectivity index (χ0n) is 11.7. The Labute approximate surface area is 133 Å². The van der Waals surface area contributed by atoms with Crippen molar-refractivity contribution in [1.82, 2.24) is 4.98 Å². The summed E-state index contributed by atoms with van der Waals surface area (Å²) in [5, 5.41) is 3.70. The number of pyridine rings is 1. The Hall–Kier alpha value is -1.84. The second-order valence-corrected chi connectivity index (χ2v) is 5.44. The van der Waals surface area contributed by atoms with Crippen molar-refractivity contribution in [3.63, 3.8) is 0 Å². The van der Waals surface area contributed by atoms with Crippen LogP contribution in [0.3, 0.4) is 0 Å². The van der Waals surface area contributed by atoms with E-state index in [4.69, 9.17) is 23.2 Å². The van der Waals surface area contributed by atoms with Gasteiger partial charge in [-0.25, -0.2) is 4.98 Å². The number of nitrogens with one attached hydrogen (secondary N) is 1. The number of rotatable bonds is 3. The van der Waals surface area contributed by atoms with Crippen molar-refractivity contribution in [2.24, 2.45) is 0 Å². The van der Waals surface area contributed by atoms with Gasteiger partial charge in [-0.2, -0.15) is 0 Å². The number of halogens is 2. The molecule has 0 radical (unpaired) electrons. The molecule has 1 aromatic heterocycles. The third-order valence-electron chi connectivity index (χ3n) is 2.75. The molecule has 5 heteroatoms. The average Bonchev–Trinajstić information content (AvgIpc) is 2.36. The van der Waals surface area contributed by atoms with Crippen LogP contribution in [0, 0.1) is 13.8 Å². The van der Waals surface area contributed by atoms with Gasteiger partial charge in [-0.1, -0.05) is 29.3 Å². The van der Waals surface area contributed by atoms with Gasteiger partial charge in [-0.15, -0.1) is 0 Å². The number of aryl methyl sites for hydroxylation is 2. The first-order valence-corrected chi connectivity index (χ1v) is 7.09. The van der Waals surface area contributed by atoms with Crippen LogP contribution < -0.4 is 5.32 Å². The molecule has 0 saturated heterocycles. The molecule has 0 saturated carbocycles. The van der Waals surface area contributed by atoms with Gasteiger partial charge >= 0.3 is 0 Å². The number of amides is 1. The zero-order valence-corrected chi connectivity index (χ0v) is 13.2. The van der Waals surface area contributed by atoms with E-state index in [0.29, 0.717) is 21.4 Å². The molecule has 2 aromatic rings. The Balaban J connectivity index is 2.13. The van der Waals surface area contributed by atoms with Gasteiger partial charge in [0.05, 0.1) is 0 Å². The number of hydrogen-bond donors (Lipinski definition) is 1. The summed E-state index contributed by atoms with van der Waals surface area (Å²) in [5.41, 5.74) is 2.50. The molecule has 0 fully saturated rings. The quantitative estimate of drug-likeness (QED) is 0.836. The Morgan fingerprint density at radius 3 is 2.48 bits per heavy atom. The lowest BCUT2D eigenvalue weighted by Crippen LogP contribution is -2.09. The topological polar surface area (TPSA) is 42.0 Å². The Bertz CT molecular complexity index is 671. The molecule has 108 valence electrons. The fourth-order valence-corrected chi connectivity index (χ4v) is 2.43. The third kappa shape index (κ3) is 4.31. The third-order valence-corrected chi connectivity index (χ3v) is 3.41. The molecule has 2 rings (SSSR count). The van der Waals surface area contributed by atoms with Crippen molar-refractivity contribution in [3.05, 3.63) is 63.3 Å². The lowest BCUT2D eigenvalue weighted by molar-refractivity contribution is -0.111. The highest BCUT2D eigenvalue weighted by Gasteiger charge is 2.04. The summed E-state index contributed by atoms with van der Waals surface area (Å²) >= 11 is 12.1. The number of benzene rings is 1. The summed E-state index contributed by atoms with van der Waals surface area (Å²) in [4.78, 5) is 16.2. The van der Waals surface area contributed by atoms with Crippen LogP contribution in [0.1, 0.15) is 16.8 Å². The fraction of sp³-hybridized carbons (Fsp3) is 0.125. The Kier molecular flexibility index (Phi) is 4.99. The molecule has 1 N–H and O–H groups in total. The highest BCUT2D eigenvalue weighted by Crippen LogP contribution is 2.25. The molecule has 0 aliphatic heterocycles. The second kappa shape index (κ2) is 6.74. The van der Waals surface area contributed by atoms with Gasteiger partial charge < -0.3 is 5.32 Å². The van der Waals surface area contributed by atoms with Gasteiger partial charge in [0.1, 0.15) is 5.82 Å². The predicted octanol–water partition coefficient (Wildman–Crippen LogP) is 4.66. The first-order valence-electron chi connectivity index (χ1n) is 6.34. The average molecular weight is 321 g/mol. The van der Waals surface area contributed by atoms with Crippen molar-refractivity contribution in [3.8, 4) is 0 Å². The molecule has 1 amide bonds. The van der Waals surface area contributed by atoms with Gasteiger partial charge in [0.15, 0.2) is 0 Å². The van der Waals surface area contributed by atoms with Crippen molar-refractivity contribution in [2.75, 3.05) is 5.32 Å². The summed E-state index contributed by atoms with van der Waals surface area (Å²) in [6, 6.07) is 8.94. The largest absolute Gasteiger partial charge is 0.307 e. The molecule has 0 aliphatic rings. The van der Waals surface area contributed by atoms with Gasteiger partial charge in [0, 0.05) is 27.4 Å². The van der Waals surface area contributed by atoms with E-state index in [9.17, 15) is 4.79 Å². The van der Waals surface area contributed by atoms with Crippen LogP contribution in [-0.4, -0.2) is 10.9 Å². The van der Waals surface area contributed by atoms with Crippen LogP contribution in [-0.2, 0) is 4.79 Å². The minimum Gasteiger partial charge on any atom is -0.307 e. The number of anilines is 1. The summed E-state index contributed by atoms with van der Waals surface area (Å²) in [7, 11) is 0. The predicted molar refractivity (Wildman–Crippen MR) is 87.8 cm³/mol. The molecule has 1 aromatic carbocycles. The van der Waals surface area contributed by atoms with Crippen LogP contribution in [0.5, 0.6) is 0 Å². The molecule has 0 atom stereocenters. The standard InChI is InChI=1S/C16H14Cl2N2O/c1-10-8-11(2)19-15(9-10)20-16(21)7-6-12-13(17)4-3-5-14(12)18/h3-9H,1-2H3,(H,19,20,21)/b7-6+. The smallest absolute Gasteiger partial charge is 0.249 e. The van der Waals surface area contributed by atoms with Gasteiger partial charge in [0.25, 0.3) is 0 Å². The molecule has 0 aliphatic carbocycles. The van der Waals surface area contributed by atoms with Crippen molar-refractivity contribution < 1.29 is 4.79 Å². The SMILES string of the molecule is Cc1cc(C)nc(NC(=O)/C=C/c2c(Cl)cccc2Cl)c1. The van der Waals surface area contributed by atoms with Crippen LogP contribution in [0.4, 0.5) is 5.82 Å². The van der Waals surface area contributed by atoms with E-state index in [2.05, 4.69) is 10.3 Å². The van der Waals surface area contributed by atoms with E-state index in [1.54, 1.807) is 30.3 Å². The van der Waals surface area contributed by atoms with Crippen molar-refractivity contribution in [1.29, 1.82) is 0 Å². The van der Waals surface area contributed by atoms with Crippen LogP contribution in [0.15, 0.2) is 36.4 Å². The second-order valence-electron chi connectivity index (χ2n) is 4.63. The number of nitrogens with zero attached hydrogens (tertiary/aromatic N) is 1. The lowest BCUT2D eigenvalue weighted by Gasteiger charge is -2.04. The molecular weight excluding hydrogens is 307 g/mol. The minimum absolute atomic E-state index is 0.288. The molecule has 21 heavy (non-hydrogen) atoms. The molecule has 0 unspecified atom stereocenters. The highest BCUT2D eigenvalue weighted by molar-refractivity contribution is 6.37. The van der Waals surface area contributed by atoms with E-state index >= 15 is 0 Å². The van der Waals surface area contributed by atoms with E-state index in [0.717, 1.165) is 11.3 Å². The highest BCUT2D eigenvalue weighted by atomic mass is 35.5. The normalized spacial score (nSPS) is 10.9. The molecular formula is C16H14Cl2N2O. The van der Waals surface area contributed by atoms with Crippen LogP contribution in [0.25, 0.3) is 6.08 Å². The number of aromatic nitrogens is 1. The Morgan fingerprint density at radius 1 is 1.19 bits per heavy atom. The van der Waals surface area contributed by atoms with Crippen LogP contribution in [0.2, 0.25) is 10.0 Å². The van der Waals surface area contributed by atoms with Gasteiger partial charge in [0.2, 0.25) is 5.91 Å². The monoisotopic (exact) mass is 320 g/mol. The number of carbonyl (C=O) groups is 1. The van der Waals surface area contributed by atoms with Gasteiger partial charge in [-0.3, -0.25) is 4.79 Å². The first kappa shape index (κ1) is 15.5. The summed E-state index contributed by atoms with van der Waals surface area (Å²) in [6.07, 6.45) is 2.97. The van der Waals surface area contributed by atoms with Crippen molar-refractivity contribution >= 4 is 41.0 Å². The van der Waals surface area contributed by atoms with E-state index in [-0.39, 0.29) is 5.91 Å². The maximum Gasteiger partial charge on any atom is 0.249 e. The van der Waals surface area contributed by atoms with E-state index < -0.39 is 0 Å². The summed E-state index contributed by atoms with van der Waals surface area (Å²) in [5.74, 6) is 0.232. The first-order chi connectivity index (χ1) is 9.95. The summed E-state index contributed by atoms with van der Waals surface area (Å²) < 4.78 is 0. The number of carbonyl (C=O) groups excluding carboxylic acids is 1. The van der Waals surface area contributed by atoms with Gasteiger partial charge in [-0.05, 0) is 49.8 Å². The molecule has 0 bridgehead atoms. The maximum atomic E-state index is 11.9. The maximum absolute atomic E-state index is 11.9. The Morgan fingerprint density at radius 2 is 1.86 bits per heavy atom. The lowest BCUT2D eigenvalue weighted by atomic mass is 10.2. The van der Waals surface area contributed by atoms with E-state index in [1.807, 2.05) is 19.9 Å². The van der Waals surface area contributed by atoms with Crippen molar-refractivity contribution in [2.45, 2.75) is 13.8 Å². The molecule has 0 spiro atoms. The fourth-order valence-electron chi connectivity index (χ4n) is 1.90. The number of hydrogen-bond acceptors (Lipinski definition) is 2. The minimum atomic E-state index is -0.288.